The highest BCUT2D eigenvalue weighted by Crippen LogP contribution is 2.58. The molecule has 0 aliphatic carbocycles. The van der Waals surface area contributed by atoms with Gasteiger partial charge in [-0.05, 0) is 35.7 Å². The maximum atomic E-state index is 15.2. The number of rotatable bonds is 6. The van der Waals surface area contributed by atoms with E-state index >= 15 is 4.79 Å². The molecule has 9 heteroatoms. The molecule has 218 valence electrons. The summed E-state index contributed by atoms with van der Waals surface area (Å²) in [5.74, 6) is -4.53. The largest absolute Gasteiger partial charge is 0.466 e. The molecular formula is C34H30N2O7. The molecular weight excluding hydrogens is 548 g/mol. The average molecular weight is 579 g/mol. The number of carbonyl (C=O) groups is 4. The fourth-order valence-electron chi connectivity index (χ4n) is 6.71. The molecule has 0 bridgehead atoms. The van der Waals surface area contributed by atoms with Crippen molar-refractivity contribution in [1.29, 1.82) is 0 Å². The molecule has 0 radical (unpaired) electrons. The first kappa shape index (κ1) is 28.0. The van der Waals surface area contributed by atoms with Crippen LogP contribution in [0.1, 0.15) is 23.6 Å². The number of nitrogens with zero attached hydrogens (tertiary/aromatic N) is 2. The molecule has 1 amide bonds. The molecule has 3 heterocycles. The van der Waals surface area contributed by atoms with Crippen molar-refractivity contribution in [2.24, 2.45) is 5.92 Å². The minimum Gasteiger partial charge on any atom is -0.466 e. The Bertz CT molecular complexity index is 1700. The van der Waals surface area contributed by atoms with Crippen LogP contribution in [0.4, 0.5) is 11.4 Å². The van der Waals surface area contributed by atoms with Crippen LogP contribution in [-0.2, 0) is 45.3 Å². The highest BCUT2D eigenvalue weighted by molar-refractivity contribution is 6.17. The normalized spacial score (nSPS) is 21.7. The molecule has 1 unspecified atom stereocenters. The third-order valence-electron chi connectivity index (χ3n) is 8.37. The molecule has 3 aromatic carbocycles. The van der Waals surface area contributed by atoms with E-state index in [1.165, 1.54) is 14.2 Å². The van der Waals surface area contributed by atoms with Crippen molar-refractivity contribution >= 4 is 41.3 Å². The van der Waals surface area contributed by atoms with Crippen LogP contribution in [0.2, 0.25) is 0 Å². The number of para-hydroxylation sites is 2. The van der Waals surface area contributed by atoms with Crippen molar-refractivity contribution in [2.45, 2.75) is 24.9 Å². The van der Waals surface area contributed by atoms with E-state index in [1.807, 2.05) is 66.7 Å². The van der Waals surface area contributed by atoms with Gasteiger partial charge in [0.15, 0.2) is 0 Å². The second-order valence-electron chi connectivity index (χ2n) is 10.4. The predicted molar refractivity (Wildman–Crippen MR) is 159 cm³/mol. The number of ether oxygens (including phenoxy) is 3. The van der Waals surface area contributed by atoms with Crippen molar-refractivity contribution < 1.29 is 33.4 Å². The number of methoxy groups -OCH3 is 2. The summed E-state index contributed by atoms with van der Waals surface area (Å²) in [6.45, 7) is 1.86. The van der Waals surface area contributed by atoms with Crippen molar-refractivity contribution in [1.82, 2.24) is 0 Å². The van der Waals surface area contributed by atoms with E-state index in [0.29, 0.717) is 16.9 Å². The Kier molecular flexibility index (Phi) is 7.09. The van der Waals surface area contributed by atoms with Crippen LogP contribution in [0.25, 0.3) is 6.08 Å². The zero-order chi connectivity index (χ0) is 30.3. The van der Waals surface area contributed by atoms with Gasteiger partial charge in [0.2, 0.25) is 5.91 Å². The van der Waals surface area contributed by atoms with Crippen LogP contribution in [0.5, 0.6) is 0 Å². The number of anilines is 2. The van der Waals surface area contributed by atoms with Crippen molar-refractivity contribution in [3.8, 4) is 0 Å². The predicted octanol–water partition coefficient (Wildman–Crippen LogP) is 4.17. The van der Waals surface area contributed by atoms with Gasteiger partial charge < -0.3 is 24.0 Å². The summed E-state index contributed by atoms with van der Waals surface area (Å²) < 4.78 is 16.0. The fourth-order valence-corrected chi connectivity index (χ4v) is 6.71. The van der Waals surface area contributed by atoms with Crippen LogP contribution < -0.4 is 9.80 Å². The molecule has 0 saturated carbocycles. The Balaban J connectivity index is 1.72. The SMILES string of the molecule is CCOC(=O)[C@H]1C(C(=O)OC)=C(C(=O)OC)N2c3ccccc3C=CC2[C@@]12C(=O)N(Cc1ccccc1)c1ccccc12. The second-order valence-corrected chi connectivity index (χ2v) is 10.4. The Hall–Kier alpha value is -5.18. The summed E-state index contributed by atoms with van der Waals surface area (Å²) in [6.07, 6.45) is 3.68. The van der Waals surface area contributed by atoms with E-state index in [9.17, 15) is 14.4 Å². The first-order valence-corrected chi connectivity index (χ1v) is 14.0. The highest BCUT2D eigenvalue weighted by Gasteiger charge is 2.69. The summed E-state index contributed by atoms with van der Waals surface area (Å²) in [5.41, 5.74) is 1.18. The maximum absolute atomic E-state index is 15.2. The van der Waals surface area contributed by atoms with Crippen molar-refractivity contribution in [3.63, 3.8) is 0 Å². The van der Waals surface area contributed by atoms with Gasteiger partial charge in [0.05, 0.1) is 39.0 Å². The van der Waals surface area contributed by atoms with Crippen LogP contribution in [0.15, 0.2) is 96.2 Å². The molecule has 0 fully saturated rings. The summed E-state index contributed by atoms with van der Waals surface area (Å²) in [4.78, 5) is 60.0. The first-order chi connectivity index (χ1) is 20.9. The topological polar surface area (TPSA) is 102 Å². The maximum Gasteiger partial charge on any atom is 0.355 e. The van der Waals surface area contributed by atoms with Gasteiger partial charge in [0.25, 0.3) is 0 Å². The molecule has 3 aliphatic heterocycles. The van der Waals surface area contributed by atoms with Gasteiger partial charge in [-0.15, -0.1) is 0 Å². The summed E-state index contributed by atoms with van der Waals surface area (Å²) in [7, 11) is 2.37. The molecule has 9 nitrogen and oxygen atoms in total. The van der Waals surface area contributed by atoms with Gasteiger partial charge in [0, 0.05) is 11.4 Å². The van der Waals surface area contributed by atoms with E-state index in [-0.39, 0.29) is 24.4 Å². The molecule has 0 aromatic heterocycles. The zero-order valence-corrected chi connectivity index (χ0v) is 24.0. The molecule has 0 N–H and O–H groups in total. The molecule has 43 heavy (non-hydrogen) atoms. The minimum absolute atomic E-state index is 0.00988. The molecule has 3 atom stereocenters. The van der Waals surface area contributed by atoms with Crippen LogP contribution >= 0.6 is 0 Å². The Morgan fingerprint density at radius 2 is 1.49 bits per heavy atom. The van der Waals surface area contributed by atoms with E-state index in [2.05, 4.69) is 0 Å². The molecule has 3 aliphatic rings. The van der Waals surface area contributed by atoms with Crippen molar-refractivity contribution in [3.05, 3.63) is 113 Å². The van der Waals surface area contributed by atoms with Gasteiger partial charge in [-0.2, -0.15) is 0 Å². The molecule has 1 spiro atoms. The number of hydrogen-bond donors (Lipinski definition) is 0. The Morgan fingerprint density at radius 1 is 0.837 bits per heavy atom. The smallest absolute Gasteiger partial charge is 0.355 e. The summed E-state index contributed by atoms with van der Waals surface area (Å²) in [5, 5.41) is 0. The fraction of sp³-hybridized carbons (Fsp3) is 0.235. The number of amides is 1. The summed E-state index contributed by atoms with van der Waals surface area (Å²) in [6, 6.07) is 23.2. The lowest BCUT2D eigenvalue weighted by molar-refractivity contribution is -0.155. The molecule has 0 saturated heterocycles. The number of fused-ring (bicyclic) bond motifs is 6. The lowest BCUT2D eigenvalue weighted by atomic mass is 9.59. The lowest BCUT2D eigenvalue weighted by Crippen LogP contribution is -2.66. The van der Waals surface area contributed by atoms with Gasteiger partial charge in [-0.25, -0.2) is 9.59 Å². The van der Waals surface area contributed by atoms with Gasteiger partial charge in [0.1, 0.15) is 17.0 Å². The third-order valence-corrected chi connectivity index (χ3v) is 8.37. The Morgan fingerprint density at radius 3 is 2.19 bits per heavy atom. The van der Waals surface area contributed by atoms with E-state index < -0.39 is 41.2 Å². The highest BCUT2D eigenvalue weighted by atomic mass is 16.5. The number of benzene rings is 3. The lowest BCUT2D eigenvalue weighted by Gasteiger charge is -2.52. The van der Waals surface area contributed by atoms with Crippen molar-refractivity contribution in [2.75, 3.05) is 30.6 Å². The van der Waals surface area contributed by atoms with E-state index in [4.69, 9.17) is 14.2 Å². The van der Waals surface area contributed by atoms with Crippen LogP contribution in [-0.4, -0.2) is 50.7 Å². The van der Waals surface area contributed by atoms with Gasteiger partial charge >= 0.3 is 17.9 Å². The first-order valence-electron chi connectivity index (χ1n) is 14.0. The molecule has 3 aromatic rings. The van der Waals surface area contributed by atoms with Gasteiger partial charge in [-0.1, -0.05) is 78.9 Å². The minimum atomic E-state index is -1.71. The third kappa shape index (κ3) is 4.06. The summed E-state index contributed by atoms with van der Waals surface area (Å²) >= 11 is 0. The van der Waals surface area contributed by atoms with Gasteiger partial charge in [-0.3, -0.25) is 9.59 Å². The second kappa shape index (κ2) is 10.9. The monoisotopic (exact) mass is 578 g/mol. The average Bonchev–Trinajstić information content (AvgIpc) is 3.28. The van der Waals surface area contributed by atoms with Crippen LogP contribution in [0, 0.1) is 5.92 Å². The number of hydrogen-bond acceptors (Lipinski definition) is 8. The van der Waals surface area contributed by atoms with E-state index in [0.717, 1.165) is 11.1 Å². The zero-order valence-electron chi connectivity index (χ0n) is 24.0. The molecule has 6 rings (SSSR count). The standard InChI is InChI=1S/C34H30N2O7/c1-4-43-31(38)28-27(30(37)41-2)29(32(39)42-3)36-24-16-10-8-14-22(24)18-19-26(36)34(28)23-15-9-11-17-25(23)35(33(34)40)20-21-12-6-5-7-13-21/h5-19,26,28H,4,20H2,1-3H3/t26?,28-,34-/m1/s1. The van der Waals surface area contributed by atoms with Crippen LogP contribution in [0.3, 0.4) is 0 Å². The number of esters is 3. The quantitative estimate of drug-likeness (QED) is 0.317. The van der Waals surface area contributed by atoms with E-state index in [1.54, 1.807) is 41.0 Å². The Labute approximate surface area is 248 Å². The number of carbonyl (C=O) groups excluding carboxylic acids is 4.